The second-order valence-electron chi connectivity index (χ2n) is 5.77. The molecule has 0 unspecified atom stereocenters. The van der Waals surface area contributed by atoms with E-state index >= 15 is 0 Å². The standard InChI is InChI=1S/C17H17N3OS2/c21-17(15-6-3-11-22-15)20-9-7-19(8-10-20)12-16-18-13-4-1-2-5-14(13)23-16/h1-6,11H,7-10,12H2/p+1. The van der Waals surface area contributed by atoms with E-state index in [0.717, 1.165) is 43.1 Å². The second kappa shape index (κ2) is 6.39. The van der Waals surface area contributed by atoms with Crippen molar-refractivity contribution in [3.63, 3.8) is 0 Å². The Morgan fingerprint density at radius 3 is 2.74 bits per heavy atom. The first kappa shape index (κ1) is 14.8. The van der Waals surface area contributed by atoms with E-state index < -0.39 is 0 Å². The van der Waals surface area contributed by atoms with Gasteiger partial charge in [-0.1, -0.05) is 18.2 Å². The number of fused-ring (bicyclic) bond motifs is 1. The van der Waals surface area contributed by atoms with Gasteiger partial charge in [0.2, 0.25) is 0 Å². The highest BCUT2D eigenvalue weighted by molar-refractivity contribution is 7.18. The maximum absolute atomic E-state index is 12.4. The molecular formula is C17H18N3OS2+. The summed E-state index contributed by atoms with van der Waals surface area (Å²) >= 11 is 3.31. The fourth-order valence-corrected chi connectivity index (χ4v) is 4.70. The fraction of sp³-hybridized carbons (Fsp3) is 0.294. The van der Waals surface area contributed by atoms with Crippen molar-refractivity contribution in [3.05, 3.63) is 51.7 Å². The summed E-state index contributed by atoms with van der Waals surface area (Å²) in [5.41, 5.74) is 1.10. The van der Waals surface area contributed by atoms with Crippen molar-refractivity contribution in [2.45, 2.75) is 6.54 Å². The summed E-state index contributed by atoms with van der Waals surface area (Å²) in [5, 5.41) is 3.15. The van der Waals surface area contributed by atoms with Gasteiger partial charge in [-0.25, -0.2) is 4.98 Å². The lowest BCUT2D eigenvalue weighted by Gasteiger charge is -2.31. The first-order valence-electron chi connectivity index (χ1n) is 7.80. The van der Waals surface area contributed by atoms with Crippen LogP contribution < -0.4 is 4.90 Å². The minimum absolute atomic E-state index is 0.180. The number of thiophene rings is 1. The number of carbonyl (C=O) groups excluding carboxylic acids is 1. The largest absolute Gasteiger partial charge is 0.327 e. The number of amides is 1. The molecule has 1 fully saturated rings. The number of quaternary nitrogens is 1. The molecule has 3 heterocycles. The van der Waals surface area contributed by atoms with E-state index in [2.05, 4.69) is 18.2 Å². The van der Waals surface area contributed by atoms with Crippen LogP contribution in [0.1, 0.15) is 14.7 Å². The zero-order valence-corrected chi connectivity index (χ0v) is 14.3. The van der Waals surface area contributed by atoms with Crippen LogP contribution in [0.4, 0.5) is 0 Å². The minimum Gasteiger partial charge on any atom is -0.327 e. The SMILES string of the molecule is O=C(c1cccs1)N1CC[NH+](Cc2nc3ccccc3s2)CC1. The molecule has 4 rings (SSSR count). The maximum atomic E-state index is 12.4. The Labute approximate surface area is 143 Å². The predicted molar refractivity (Wildman–Crippen MR) is 94.2 cm³/mol. The summed E-state index contributed by atoms with van der Waals surface area (Å²) in [6.07, 6.45) is 0. The molecule has 4 nitrogen and oxygen atoms in total. The molecule has 0 atom stereocenters. The van der Waals surface area contributed by atoms with Crippen LogP contribution in [0.25, 0.3) is 10.2 Å². The van der Waals surface area contributed by atoms with Gasteiger partial charge >= 0.3 is 0 Å². The van der Waals surface area contributed by atoms with E-state index in [0.29, 0.717) is 0 Å². The molecule has 1 aliphatic rings. The van der Waals surface area contributed by atoms with E-state index in [-0.39, 0.29) is 5.91 Å². The summed E-state index contributed by atoms with van der Waals surface area (Å²) in [4.78, 5) is 21.4. The Morgan fingerprint density at radius 2 is 2.00 bits per heavy atom. The second-order valence-corrected chi connectivity index (χ2v) is 7.83. The quantitative estimate of drug-likeness (QED) is 0.788. The van der Waals surface area contributed by atoms with E-state index in [1.807, 2.05) is 28.5 Å². The van der Waals surface area contributed by atoms with Crippen molar-refractivity contribution in [2.75, 3.05) is 26.2 Å². The number of thiazole rings is 1. The molecule has 6 heteroatoms. The number of carbonyl (C=O) groups is 1. The number of para-hydroxylation sites is 1. The highest BCUT2D eigenvalue weighted by Gasteiger charge is 2.25. The fourth-order valence-electron chi connectivity index (χ4n) is 2.97. The summed E-state index contributed by atoms with van der Waals surface area (Å²) in [6, 6.07) is 12.1. The van der Waals surface area contributed by atoms with Crippen LogP contribution in [0.5, 0.6) is 0 Å². The first-order chi connectivity index (χ1) is 11.3. The number of nitrogens with one attached hydrogen (secondary N) is 1. The third-order valence-corrected chi connectivity index (χ3v) is 6.12. The zero-order chi connectivity index (χ0) is 15.6. The minimum atomic E-state index is 0.180. The smallest absolute Gasteiger partial charge is 0.264 e. The van der Waals surface area contributed by atoms with Crippen molar-refractivity contribution in [3.8, 4) is 0 Å². The third kappa shape index (κ3) is 3.15. The monoisotopic (exact) mass is 344 g/mol. The number of rotatable bonds is 3. The van der Waals surface area contributed by atoms with Crippen molar-refractivity contribution in [1.82, 2.24) is 9.88 Å². The molecular weight excluding hydrogens is 326 g/mol. The Balaban J connectivity index is 1.37. The van der Waals surface area contributed by atoms with Gasteiger partial charge < -0.3 is 9.80 Å². The first-order valence-corrected chi connectivity index (χ1v) is 9.50. The summed E-state index contributed by atoms with van der Waals surface area (Å²) in [7, 11) is 0. The van der Waals surface area contributed by atoms with Gasteiger partial charge in [0.25, 0.3) is 5.91 Å². The molecule has 23 heavy (non-hydrogen) atoms. The van der Waals surface area contributed by atoms with E-state index in [9.17, 15) is 4.79 Å². The van der Waals surface area contributed by atoms with Crippen LogP contribution in [0.3, 0.4) is 0 Å². The molecule has 0 bridgehead atoms. The van der Waals surface area contributed by atoms with E-state index in [1.165, 1.54) is 25.9 Å². The number of hydrogen-bond donors (Lipinski definition) is 1. The van der Waals surface area contributed by atoms with E-state index in [4.69, 9.17) is 4.98 Å². The van der Waals surface area contributed by atoms with Gasteiger partial charge in [-0.15, -0.1) is 22.7 Å². The van der Waals surface area contributed by atoms with Crippen molar-refractivity contribution in [1.29, 1.82) is 0 Å². The average molecular weight is 344 g/mol. The van der Waals surface area contributed by atoms with Gasteiger partial charge in [0, 0.05) is 0 Å². The number of piperazine rings is 1. The number of benzene rings is 1. The summed E-state index contributed by atoms with van der Waals surface area (Å²) < 4.78 is 1.26. The van der Waals surface area contributed by atoms with Gasteiger partial charge in [0.05, 0.1) is 41.3 Å². The molecule has 118 valence electrons. The molecule has 1 aromatic carbocycles. The van der Waals surface area contributed by atoms with Crippen LogP contribution in [0.15, 0.2) is 41.8 Å². The highest BCUT2D eigenvalue weighted by Crippen LogP contribution is 2.20. The summed E-state index contributed by atoms with van der Waals surface area (Å²) in [6.45, 7) is 4.61. The molecule has 3 aromatic rings. The molecule has 1 saturated heterocycles. The Morgan fingerprint density at radius 1 is 1.17 bits per heavy atom. The van der Waals surface area contributed by atoms with Crippen LogP contribution in [0, 0.1) is 0 Å². The van der Waals surface area contributed by atoms with Crippen molar-refractivity contribution >= 4 is 38.8 Å². The van der Waals surface area contributed by atoms with Crippen LogP contribution in [-0.2, 0) is 6.54 Å². The molecule has 1 amide bonds. The molecule has 0 saturated carbocycles. The van der Waals surface area contributed by atoms with Crippen molar-refractivity contribution in [2.24, 2.45) is 0 Å². The summed E-state index contributed by atoms with van der Waals surface area (Å²) in [5.74, 6) is 0.180. The van der Waals surface area contributed by atoms with E-state index in [1.54, 1.807) is 11.3 Å². The Bertz CT molecular complexity index is 771. The number of aromatic nitrogens is 1. The molecule has 1 N–H and O–H groups in total. The van der Waals surface area contributed by atoms with Crippen LogP contribution in [0.2, 0.25) is 0 Å². The average Bonchev–Trinajstić information content (AvgIpc) is 3.24. The molecule has 0 spiro atoms. The van der Waals surface area contributed by atoms with Gasteiger partial charge in [-0.2, -0.15) is 0 Å². The lowest BCUT2D eigenvalue weighted by atomic mass is 10.3. The topological polar surface area (TPSA) is 37.6 Å². The van der Waals surface area contributed by atoms with Gasteiger partial charge in [0.15, 0.2) is 0 Å². The molecule has 0 radical (unpaired) electrons. The lowest BCUT2D eigenvalue weighted by Crippen LogP contribution is -3.13. The Hall–Kier alpha value is -1.76. The van der Waals surface area contributed by atoms with Crippen LogP contribution >= 0.6 is 22.7 Å². The normalized spacial score (nSPS) is 16.1. The van der Waals surface area contributed by atoms with Crippen molar-refractivity contribution < 1.29 is 9.69 Å². The van der Waals surface area contributed by atoms with Gasteiger partial charge in [-0.3, -0.25) is 4.79 Å². The highest BCUT2D eigenvalue weighted by atomic mass is 32.1. The van der Waals surface area contributed by atoms with Crippen LogP contribution in [-0.4, -0.2) is 42.0 Å². The molecule has 1 aliphatic heterocycles. The van der Waals surface area contributed by atoms with Gasteiger partial charge in [-0.05, 0) is 23.6 Å². The zero-order valence-electron chi connectivity index (χ0n) is 12.7. The maximum Gasteiger partial charge on any atom is 0.264 e. The molecule has 2 aromatic heterocycles. The number of hydrogen-bond acceptors (Lipinski definition) is 4. The third-order valence-electron chi connectivity index (χ3n) is 4.23. The molecule has 0 aliphatic carbocycles. The lowest BCUT2D eigenvalue weighted by molar-refractivity contribution is -0.917. The predicted octanol–water partition coefficient (Wildman–Crippen LogP) is 1.90. The Kier molecular flexibility index (Phi) is 4.11. The number of nitrogens with zero attached hydrogens (tertiary/aromatic N) is 2. The van der Waals surface area contributed by atoms with Gasteiger partial charge in [0.1, 0.15) is 11.6 Å².